The van der Waals surface area contributed by atoms with E-state index in [0.717, 1.165) is 53.6 Å². The topological polar surface area (TPSA) is 88.6 Å². The minimum Gasteiger partial charge on any atom is -0.467 e. The number of benzene rings is 2. The van der Waals surface area contributed by atoms with Crippen molar-refractivity contribution in [2.75, 3.05) is 51.1 Å². The second-order valence-electron chi connectivity index (χ2n) is 9.34. The molecule has 1 fully saturated rings. The normalized spacial score (nSPS) is 14.3. The lowest BCUT2D eigenvalue weighted by Crippen LogP contribution is -2.27. The monoisotopic (exact) mass is 503 g/mol. The van der Waals surface area contributed by atoms with E-state index < -0.39 is 0 Å². The van der Waals surface area contributed by atoms with Crippen LogP contribution >= 0.6 is 0 Å². The molecule has 0 saturated heterocycles. The molecular weight excluding hydrogens is 466 g/mol. The number of likely N-dealkylation sites (N-methyl/N-ethyl adjacent to an activating group) is 1. The fourth-order valence-electron chi connectivity index (χ4n) is 4.32. The van der Waals surface area contributed by atoms with Crippen LogP contribution in [0.4, 0.5) is 11.5 Å². The largest absolute Gasteiger partial charge is 0.467 e. The zero-order valence-corrected chi connectivity index (χ0v) is 22.2. The maximum Gasteiger partial charge on any atom is 0.318 e. The first-order valence-electron chi connectivity index (χ1n) is 12.9. The summed E-state index contributed by atoms with van der Waals surface area (Å²) in [5.41, 5.74) is 3.85. The average molecular weight is 504 g/mol. The lowest BCUT2D eigenvalue weighted by molar-refractivity contribution is -0.111. The molecule has 1 atom stereocenters. The highest BCUT2D eigenvalue weighted by Gasteiger charge is 2.28. The van der Waals surface area contributed by atoms with Crippen LogP contribution in [0.1, 0.15) is 49.8 Å². The van der Waals surface area contributed by atoms with Crippen LogP contribution in [-0.4, -0.2) is 61.2 Å². The summed E-state index contributed by atoms with van der Waals surface area (Å²) in [6.45, 7) is 7.28. The molecule has 1 aliphatic rings. The number of nitrogens with zero attached hydrogens (tertiary/aromatic N) is 3. The van der Waals surface area contributed by atoms with Gasteiger partial charge in [0.05, 0.1) is 19.2 Å². The van der Waals surface area contributed by atoms with E-state index in [1.165, 1.54) is 0 Å². The van der Waals surface area contributed by atoms with Crippen LogP contribution in [0.25, 0.3) is 10.9 Å². The number of methoxy groups -OCH3 is 2. The van der Waals surface area contributed by atoms with Gasteiger partial charge in [0.25, 0.3) is 0 Å². The Morgan fingerprint density at radius 2 is 1.97 bits per heavy atom. The summed E-state index contributed by atoms with van der Waals surface area (Å²) in [7, 11) is 3.27. The van der Waals surface area contributed by atoms with Gasteiger partial charge in [-0.25, -0.2) is 0 Å². The Balaban J connectivity index is 1.60. The van der Waals surface area contributed by atoms with Crippen LogP contribution in [0.5, 0.6) is 6.01 Å². The number of ether oxygens (including phenoxy) is 2. The first kappa shape index (κ1) is 26.6. The van der Waals surface area contributed by atoms with E-state index in [1.54, 1.807) is 20.3 Å². The molecule has 196 valence electrons. The number of nitrogens with one attached hydrogen (secondary N) is 2. The number of hydrogen-bond acceptors (Lipinski definition) is 7. The molecule has 2 aromatic carbocycles. The number of fused-ring (bicyclic) bond motifs is 1. The van der Waals surface area contributed by atoms with Crippen molar-refractivity contribution in [1.82, 2.24) is 14.9 Å². The summed E-state index contributed by atoms with van der Waals surface area (Å²) in [6, 6.07) is 14.6. The Bertz CT molecular complexity index is 1230. The van der Waals surface area contributed by atoms with Crippen molar-refractivity contribution in [2.45, 2.75) is 38.6 Å². The molecule has 8 heteroatoms. The highest BCUT2D eigenvalue weighted by molar-refractivity contribution is 6.03. The third-order valence-electron chi connectivity index (χ3n) is 6.65. The Hall–Kier alpha value is -3.49. The molecule has 0 radical (unpaired) electrons. The molecule has 0 bridgehead atoms. The zero-order valence-electron chi connectivity index (χ0n) is 22.2. The minimum absolute atomic E-state index is 0.0210. The van der Waals surface area contributed by atoms with Crippen molar-refractivity contribution in [3.8, 4) is 6.01 Å². The molecule has 0 aliphatic heterocycles. The van der Waals surface area contributed by atoms with Crippen LogP contribution < -0.4 is 15.4 Å². The lowest BCUT2D eigenvalue weighted by Gasteiger charge is -2.19. The molecule has 1 aliphatic carbocycles. The van der Waals surface area contributed by atoms with Gasteiger partial charge >= 0.3 is 6.01 Å². The van der Waals surface area contributed by atoms with Gasteiger partial charge < -0.3 is 20.1 Å². The van der Waals surface area contributed by atoms with Gasteiger partial charge in [0, 0.05) is 43.4 Å². The molecule has 4 rings (SSSR count). The minimum atomic E-state index is -0.148. The number of carbonyl (C=O) groups is 1. The van der Waals surface area contributed by atoms with Crippen LogP contribution in [0.2, 0.25) is 0 Å². The summed E-state index contributed by atoms with van der Waals surface area (Å²) in [5.74, 6) is 0.947. The SMILES string of the molecule is CCN(CC=CC(=O)Nc1cc2c(N[C@H](C)c3ccccc3)nc(OC)nc2cc1C1CC1)CCOC. The predicted octanol–water partition coefficient (Wildman–Crippen LogP) is 5.15. The van der Waals surface area contributed by atoms with E-state index in [4.69, 9.17) is 9.47 Å². The van der Waals surface area contributed by atoms with E-state index in [-0.39, 0.29) is 11.9 Å². The summed E-state index contributed by atoms with van der Waals surface area (Å²) in [4.78, 5) is 24.3. The van der Waals surface area contributed by atoms with Crippen molar-refractivity contribution >= 4 is 28.3 Å². The smallest absolute Gasteiger partial charge is 0.318 e. The zero-order chi connectivity index (χ0) is 26.2. The fraction of sp³-hybridized carbons (Fsp3) is 0.414. The van der Waals surface area contributed by atoms with Gasteiger partial charge in [-0.1, -0.05) is 43.3 Å². The van der Waals surface area contributed by atoms with Crippen molar-refractivity contribution in [2.24, 2.45) is 0 Å². The van der Waals surface area contributed by atoms with Crippen molar-refractivity contribution in [3.63, 3.8) is 0 Å². The Morgan fingerprint density at radius 3 is 2.65 bits per heavy atom. The maximum atomic E-state index is 12.9. The molecule has 1 saturated carbocycles. The summed E-state index contributed by atoms with van der Waals surface area (Å²) in [6.07, 6.45) is 5.72. The lowest BCUT2D eigenvalue weighted by atomic mass is 10.0. The molecule has 8 nitrogen and oxygen atoms in total. The number of aromatic nitrogens is 2. The fourth-order valence-corrected chi connectivity index (χ4v) is 4.32. The number of rotatable bonds is 13. The molecule has 37 heavy (non-hydrogen) atoms. The second-order valence-corrected chi connectivity index (χ2v) is 9.34. The number of amides is 1. The van der Waals surface area contributed by atoms with Crippen LogP contribution in [0.15, 0.2) is 54.6 Å². The quantitative estimate of drug-likeness (QED) is 0.312. The first-order chi connectivity index (χ1) is 18.0. The van der Waals surface area contributed by atoms with Crippen molar-refractivity contribution in [3.05, 3.63) is 65.7 Å². The Labute approximate surface area is 219 Å². The third kappa shape index (κ3) is 7.05. The van der Waals surface area contributed by atoms with Crippen molar-refractivity contribution in [1.29, 1.82) is 0 Å². The standard InChI is InChI=1S/C29H37N5O3/c1-5-34(16-17-36-3)15-9-12-27(35)31-25-19-24-26(18-23(25)22-13-14-22)32-29(37-4)33-28(24)30-20(2)21-10-7-6-8-11-21/h6-12,18-20,22H,5,13-17H2,1-4H3,(H,31,35)(H,30,32,33)/t20-/m1/s1. The summed E-state index contributed by atoms with van der Waals surface area (Å²) in [5, 5.41) is 7.47. The van der Waals surface area contributed by atoms with Crippen molar-refractivity contribution < 1.29 is 14.3 Å². The van der Waals surface area contributed by atoms with E-state index >= 15 is 0 Å². The van der Waals surface area contributed by atoms with Gasteiger partial charge in [0.15, 0.2) is 0 Å². The number of hydrogen-bond donors (Lipinski definition) is 2. The molecule has 2 N–H and O–H groups in total. The van der Waals surface area contributed by atoms with E-state index in [0.29, 0.717) is 30.9 Å². The average Bonchev–Trinajstić information content (AvgIpc) is 3.76. The third-order valence-corrected chi connectivity index (χ3v) is 6.65. The van der Waals surface area contributed by atoms with Gasteiger partial charge in [0.2, 0.25) is 5.91 Å². The first-order valence-corrected chi connectivity index (χ1v) is 12.9. The second kappa shape index (κ2) is 12.7. The maximum absolute atomic E-state index is 12.9. The highest BCUT2D eigenvalue weighted by Crippen LogP contribution is 2.45. The molecular formula is C29H37N5O3. The molecule has 0 unspecified atom stereocenters. The van der Waals surface area contributed by atoms with Crippen LogP contribution in [0, 0.1) is 0 Å². The summed E-state index contributed by atoms with van der Waals surface area (Å²) >= 11 is 0. The molecule has 0 spiro atoms. The summed E-state index contributed by atoms with van der Waals surface area (Å²) < 4.78 is 10.6. The Kier molecular flexibility index (Phi) is 9.09. The van der Waals surface area contributed by atoms with Gasteiger partial charge in [0.1, 0.15) is 5.82 Å². The predicted molar refractivity (Wildman–Crippen MR) is 148 cm³/mol. The Morgan fingerprint density at radius 1 is 1.19 bits per heavy atom. The van der Waals surface area contributed by atoms with Gasteiger partial charge in [-0.05, 0) is 55.5 Å². The van der Waals surface area contributed by atoms with E-state index in [1.807, 2.05) is 30.3 Å². The van der Waals surface area contributed by atoms with Gasteiger partial charge in [-0.2, -0.15) is 9.97 Å². The van der Waals surface area contributed by atoms with E-state index in [9.17, 15) is 4.79 Å². The van der Waals surface area contributed by atoms with Crippen LogP contribution in [-0.2, 0) is 9.53 Å². The molecule has 1 heterocycles. The molecule has 1 amide bonds. The molecule has 3 aromatic rings. The van der Waals surface area contributed by atoms with E-state index in [2.05, 4.69) is 57.5 Å². The number of anilines is 2. The number of carbonyl (C=O) groups excluding carboxylic acids is 1. The highest BCUT2D eigenvalue weighted by atomic mass is 16.5. The van der Waals surface area contributed by atoms with Crippen LogP contribution in [0.3, 0.4) is 0 Å². The van der Waals surface area contributed by atoms with Gasteiger partial charge in [-0.3, -0.25) is 9.69 Å². The molecule has 1 aromatic heterocycles. The van der Waals surface area contributed by atoms with Gasteiger partial charge in [-0.15, -0.1) is 0 Å².